The molecule has 1 saturated heterocycles. The van der Waals surface area contributed by atoms with E-state index in [1.807, 2.05) is 0 Å². The molecular formula is C7H8N3PS3. The molecule has 0 aromatic rings. The first-order valence-corrected chi connectivity index (χ1v) is 7.35. The fourth-order valence-electron chi connectivity index (χ4n) is 1.75. The topological polar surface area (TPSA) is 35.8 Å². The molecule has 14 heavy (non-hydrogen) atoms. The van der Waals surface area contributed by atoms with Crippen LogP contribution in [0.25, 0.3) is 0 Å². The van der Waals surface area contributed by atoms with Gasteiger partial charge in [0.2, 0.25) is 0 Å². The second kappa shape index (κ2) is 3.66. The predicted octanol–water partition coefficient (Wildman–Crippen LogP) is 1.92. The summed E-state index contributed by atoms with van der Waals surface area (Å²) in [5.41, 5.74) is 1.56. The van der Waals surface area contributed by atoms with Gasteiger partial charge in [-0.1, -0.05) is 24.5 Å². The molecule has 0 aliphatic carbocycles. The number of thiol groups is 1. The number of hydrogen-bond donors (Lipinski definition) is 2. The van der Waals surface area contributed by atoms with Gasteiger partial charge in [-0.25, -0.2) is 0 Å². The number of nitrogens with zero attached hydrogens (tertiary/aromatic N) is 2. The zero-order valence-corrected chi connectivity index (χ0v) is 10.6. The molecule has 2 aliphatic rings. The van der Waals surface area contributed by atoms with Crippen LogP contribution in [0.2, 0.25) is 0 Å². The molecular weight excluding hydrogens is 253 g/mol. The highest BCUT2D eigenvalue weighted by atomic mass is 32.7. The Morgan fingerprint density at radius 2 is 2.43 bits per heavy atom. The van der Waals surface area contributed by atoms with Crippen molar-refractivity contribution in [1.29, 1.82) is 5.26 Å². The Morgan fingerprint density at radius 3 is 3.07 bits per heavy atom. The fraction of sp³-hybridized carbons (Fsp3) is 0.429. The van der Waals surface area contributed by atoms with E-state index in [0.29, 0.717) is 14.2 Å². The second-order valence-corrected chi connectivity index (χ2v) is 7.12. The van der Waals surface area contributed by atoms with Gasteiger partial charge in [-0.15, -0.1) is 0 Å². The minimum atomic E-state index is -0.839. The van der Waals surface area contributed by atoms with Crippen molar-refractivity contribution in [3.8, 4) is 6.07 Å². The van der Waals surface area contributed by atoms with Crippen molar-refractivity contribution < 1.29 is 3.66 Å². The van der Waals surface area contributed by atoms with Crippen LogP contribution in [0.15, 0.2) is 11.3 Å². The van der Waals surface area contributed by atoms with Gasteiger partial charge < -0.3 is 16.5 Å². The van der Waals surface area contributed by atoms with E-state index >= 15 is 0 Å². The molecule has 0 bridgehead atoms. The molecule has 2 atom stereocenters. The number of hydrogen-bond acceptors (Lipinski definition) is 4. The average Bonchev–Trinajstić information content (AvgIpc) is 2.50. The van der Waals surface area contributed by atoms with Crippen molar-refractivity contribution in [1.82, 2.24) is 5.09 Å². The van der Waals surface area contributed by atoms with E-state index in [1.165, 1.54) is 0 Å². The van der Waals surface area contributed by atoms with Crippen molar-refractivity contribution >= 4 is 49.7 Å². The molecule has 0 saturated carbocycles. The lowest BCUT2D eigenvalue weighted by Gasteiger charge is -2.47. The molecule has 7 heteroatoms. The van der Waals surface area contributed by atoms with Crippen LogP contribution in [0.3, 0.4) is 0 Å². The first kappa shape index (κ1) is 10.7. The Morgan fingerprint density at radius 1 is 1.71 bits per heavy atom. The fourth-order valence-corrected chi connectivity index (χ4v) is 4.92. The lowest BCUT2D eigenvalue weighted by molar-refractivity contribution is -0.598. The van der Waals surface area contributed by atoms with Crippen LogP contribution in [0.4, 0.5) is 0 Å². The Hall–Kier alpha value is 0.210. The molecule has 2 unspecified atom stereocenters. The van der Waals surface area contributed by atoms with Crippen LogP contribution in [0.5, 0.6) is 0 Å². The van der Waals surface area contributed by atoms with Gasteiger partial charge in [-0.3, -0.25) is 5.09 Å². The maximum absolute atomic E-state index is 9.00. The lowest BCUT2D eigenvalue weighted by atomic mass is 10.2. The number of rotatable bonds is 0. The first-order chi connectivity index (χ1) is 6.59. The van der Waals surface area contributed by atoms with Crippen LogP contribution < -0.4 is 5.09 Å². The van der Waals surface area contributed by atoms with Gasteiger partial charge in [0.1, 0.15) is 22.3 Å². The minimum absolute atomic E-state index is 0.363. The van der Waals surface area contributed by atoms with Crippen molar-refractivity contribution in [2.45, 2.75) is 12.8 Å². The highest BCUT2D eigenvalue weighted by Gasteiger charge is 2.42. The smallest absolute Gasteiger partial charge is 0.260 e. The molecule has 2 rings (SSSR count). The Balaban J connectivity index is 2.57. The number of nitrogens with one attached hydrogen (secondary N) is 1. The van der Waals surface area contributed by atoms with E-state index in [4.69, 9.17) is 30.3 Å². The van der Waals surface area contributed by atoms with Crippen LogP contribution in [-0.4, -0.2) is 15.2 Å². The third-order valence-corrected chi connectivity index (χ3v) is 6.84. The molecule has 0 amide bonds. The Kier molecular flexibility index (Phi) is 2.80. The van der Waals surface area contributed by atoms with Gasteiger partial charge in [-0.2, -0.15) is 5.26 Å². The SMILES string of the molecule is N#CC1=C2CCC[N+]2([S-])P(S)NC1=S. The van der Waals surface area contributed by atoms with E-state index in [2.05, 4.69) is 23.4 Å². The van der Waals surface area contributed by atoms with Crippen molar-refractivity contribution in [3.05, 3.63) is 11.3 Å². The van der Waals surface area contributed by atoms with Gasteiger partial charge in [0.05, 0.1) is 6.54 Å². The number of thiocarbonyl (C=S) groups is 1. The van der Waals surface area contributed by atoms with Crippen LogP contribution >= 0.6 is 31.9 Å². The quantitative estimate of drug-likeness (QED) is 0.302. The summed E-state index contributed by atoms with van der Waals surface area (Å²) in [6.45, 7) is 0.876. The normalized spacial score (nSPS) is 36.4. The van der Waals surface area contributed by atoms with Gasteiger partial charge in [-0.05, 0) is 0 Å². The molecule has 1 N–H and O–H groups in total. The summed E-state index contributed by atoms with van der Waals surface area (Å²) in [6, 6.07) is 2.14. The van der Waals surface area contributed by atoms with Crippen molar-refractivity contribution in [3.63, 3.8) is 0 Å². The predicted molar refractivity (Wildman–Crippen MR) is 66.0 cm³/mol. The maximum atomic E-state index is 9.00. The third-order valence-electron chi connectivity index (χ3n) is 2.43. The second-order valence-electron chi connectivity index (χ2n) is 3.19. The summed E-state index contributed by atoms with van der Waals surface area (Å²) in [7, 11) is -0.839. The first-order valence-electron chi connectivity index (χ1n) is 4.13. The standard InChI is InChI=1S/C7H8N3PS3/c8-4-5-6-2-1-3-10(6,13)11(14)9-7(5)12/h14H,1-3H2,(H,9,12). The summed E-state index contributed by atoms with van der Waals surface area (Å²) in [4.78, 5) is 0.518. The number of quaternary nitrogens is 1. The van der Waals surface area contributed by atoms with Gasteiger partial charge in [0, 0.05) is 12.8 Å². The summed E-state index contributed by atoms with van der Waals surface area (Å²) < 4.78 is 0.363. The highest BCUT2D eigenvalue weighted by molar-refractivity contribution is 8.43. The van der Waals surface area contributed by atoms with Crippen LogP contribution in [0, 0.1) is 11.3 Å². The van der Waals surface area contributed by atoms with E-state index in [1.54, 1.807) is 0 Å². The van der Waals surface area contributed by atoms with E-state index in [-0.39, 0.29) is 0 Å². The van der Waals surface area contributed by atoms with E-state index in [0.717, 1.165) is 25.1 Å². The molecule has 0 aromatic carbocycles. The van der Waals surface area contributed by atoms with E-state index in [9.17, 15) is 0 Å². The molecule has 0 radical (unpaired) electrons. The Bertz CT molecular complexity index is 375. The van der Waals surface area contributed by atoms with E-state index < -0.39 is 7.42 Å². The number of nitriles is 1. The van der Waals surface area contributed by atoms with Gasteiger partial charge in [0.25, 0.3) is 7.42 Å². The number of fused-ring (bicyclic) bond motifs is 1. The van der Waals surface area contributed by atoms with Gasteiger partial charge in [0.15, 0.2) is 0 Å². The molecule has 2 aliphatic heterocycles. The molecule has 3 nitrogen and oxygen atoms in total. The van der Waals surface area contributed by atoms with Crippen molar-refractivity contribution in [2.75, 3.05) is 6.54 Å². The van der Waals surface area contributed by atoms with Crippen LogP contribution in [-0.2, 0) is 12.8 Å². The Labute approximate surface area is 100 Å². The molecule has 2 heterocycles. The zero-order valence-electron chi connectivity index (χ0n) is 7.23. The maximum Gasteiger partial charge on any atom is 0.260 e. The summed E-state index contributed by atoms with van der Waals surface area (Å²) in [6.07, 6.45) is 1.90. The number of allylic oxidation sites excluding steroid dienone is 1. The molecule has 1 fully saturated rings. The summed E-state index contributed by atoms with van der Waals surface area (Å²) >= 11 is 15.1. The third kappa shape index (κ3) is 1.39. The highest BCUT2D eigenvalue weighted by Crippen LogP contribution is 2.57. The summed E-state index contributed by atoms with van der Waals surface area (Å²) in [5.74, 6) is 0. The molecule has 0 aromatic heterocycles. The average molecular weight is 261 g/mol. The molecule has 74 valence electrons. The monoisotopic (exact) mass is 261 g/mol. The largest absolute Gasteiger partial charge is 0.484 e. The minimum Gasteiger partial charge on any atom is -0.484 e. The lowest BCUT2D eigenvalue weighted by Crippen LogP contribution is -2.41. The van der Waals surface area contributed by atoms with Crippen LogP contribution in [0.1, 0.15) is 12.8 Å². The van der Waals surface area contributed by atoms with Gasteiger partial charge >= 0.3 is 0 Å². The van der Waals surface area contributed by atoms with Crippen molar-refractivity contribution in [2.24, 2.45) is 0 Å². The summed E-state index contributed by atoms with van der Waals surface area (Å²) in [5, 5.41) is 12.0. The zero-order chi connectivity index (χ0) is 10.3. The molecule has 0 spiro atoms.